The number of cyclic esters (lactones) is 4. The number of rotatable bonds is 22. The Kier molecular flexibility index (Phi) is 15.6. The number of aliphatic hydroxyl groups is 2. The molecule has 3 aliphatic heterocycles. The zero-order chi connectivity index (χ0) is 54.4. The molecule has 0 bridgehead atoms. The van der Waals surface area contributed by atoms with Gasteiger partial charge >= 0.3 is 19.7 Å². The highest BCUT2D eigenvalue weighted by molar-refractivity contribution is 7.75. The molecule has 0 spiro atoms. The van der Waals surface area contributed by atoms with E-state index in [1.807, 2.05) is 121 Å². The van der Waals surface area contributed by atoms with E-state index in [4.69, 9.17) is 51.9 Å². The van der Waals surface area contributed by atoms with Crippen LogP contribution in [0.15, 0.2) is 164 Å². The van der Waals surface area contributed by atoms with Crippen LogP contribution in [-0.4, -0.2) is 93.4 Å². The number of ether oxygens (including phenoxy) is 10. The summed E-state index contributed by atoms with van der Waals surface area (Å²) in [6.45, 7) is 8.25. The number of benzene rings is 7. The normalized spacial score (nSPS) is 18.3. The Balaban J connectivity index is 0.811. The van der Waals surface area contributed by atoms with E-state index in [-0.39, 0.29) is 63.1 Å². The summed E-state index contributed by atoms with van der Waals surface area (Å²) in [5, 5.41) is 23.2. The predicted octanol–water partition coefficient (Wildman–Crippen LogP) is 10.0. The molecular weight excluding hydrogens is 1020 g/mol. The van der Waals surface area contributed by atoms with Gasteiger partial charge in [0.1, 0.15) is 86.0 Å². The first-order valence-electron chi connectivity index (χ1n) is 25.5. The summed E-state index contributed by atoms with van der Waals surface area (Å²) in [7, 11) is -3.97. The van der Waals surface area contributed by atoms with Gasteiger partial charge in [-0.15, -0.1) is 0 Å². The molecule has 16 nitrogen and oxygen atoms in total. The molecule has 7 aromatic rings. The fourth-order valence-corrected chi connectivity index (χ4v) is 11.7. The van der Waals surface area contributed by atoms with E-state index >= 15 is 4.57 Å². The minimum absolute atomic E-state index is 0.123. The van der Waals surface area contributed by atoms with Gasteiger partial charge in [-0.1, -0.05) is 113 Å². The van der Waals surface area contributed by atoms with Crippen molar-refractivity contribution in [1.29, 1.82) is 0 Å². The molecule has 2 fully saturated rings. The number of aliphatic hydroxyl groups excluding tert-OH is 2. The highest BCUT2D eigenvalue weighted by Crippen LogP contribution is 2.55. The second-order valence-corrected chi connectivity index (χ2v) is 22.3. The van der Waals surface area contributed by atoms with E-state index < -0.39 is 55.1 Å². The van der Waals surface area contributed by atoms with Crippen molar-refractivity contribution in [3.05, 3.63) is 186 Å². The molecule has 2 N–H and O–H groups in total. The Hall–Kier alpha value is -8.17. The van der Waals surface area contributed by atoms with E-state index in [0.29, 0.717) is 34.1 Å². The lowest BCUT2D eigenvalue weighted by Gasteiger charge is -2.30. The van der Waals surface area contributed by atoms with Crippen molar-refractivity contribution in [2.45, 2.75) is 63.1 Å². The largest absolute Gasteiger partial charge is 0.508 e. The molecule has 0 amide bonds. The Morgan fingerprint density at radius 2 is 0.987 bits per heavy atom. The van der Waals surface area contributed by atoms with Crippen molar-refractivity contribution >= 4 is 30.3 Å². The maximum absolute atomic E-state index is 15.6. The molecule has 5 unspecified atom stereocenters. The molecule has 10 rings (SSSR count). The maximum atomic E-state index is 15.6. The zero-order valence-corrected chi connectivity index (χ0v) is 44.3. The zero-order valence-electron chi connectivity index (χ0n) is 43.4. The molecular formula is C61H59O16P. The molecule has 0 saturated carbocycles. The Morgan fingerprint density at radius 1 is 0.513 bits per heavy atom. The lowest BCUT2D eigenvalue weighted by Crippen LogP contribution is -2.30. The number of carbonyl (C=O) groups is 2. The van der Waals surface area contributed by atoms with Crippen LogP contribution in [0.1, 0.15) is 49.9 Å². The van der Waals surface area contributed by atoms with E-state index in [9.17, 15) is 19.8 Å². The molecule has 0 aliphatic carbocycles. The van der Waals surface area contributed by atoms with Gasteiger partial charge in [-0.3, -0.25) is 4.57 Å². The SMILES string of the molecule is CC(C)(c1cccc(OCC(O)COc2ccc(OCC(O)Oc3cccc(C(C)(C)c4cccc(OCC5COC(=O)O5)c4)c3)cc2P2(=O)Oc3ccccc3-c3ccccc32)c1)c1cccc(OCC2COC(=O)O2)c1. The highest BCUT2D eigenvalue weighted by Gasteiger charge is 2.41. The summed E-state index contributed by atoms with van der Waals surface area (Å²) in [5.74, 6) is 3.04. The lowest BCUT2D eigenvalue weighted by molar-refractivity contribution is -0.0479. The lowest BCUT2D eigenvalue weighted by atomic mass is 9.78. The van der Waals surface area contributed by atoms with Gasteiger partial charge < -0.3 is 62.1 Å². The minimum atomic E-state index is -3.97. The molecule has 0 aromatic heterocycles. The highest BCUT2D eigenvalue weighted by atomic mass is 31.2. The summed E-state index contributed by atoms with van der Waals surface area (Å²) in [5.41, 5.74) is 4.31. The van der Waals surface area contributed by atoms with Gasteiger partial charge in [-0.2, -0.15) is 0 Å². The smallest absolute Gasteiger partial charge is 0.491 e. The van der Waals surface area contributed by atoms with Crippen molar-refractivity contribution in [1.82, 2.24) is 0 Å². The van der Waals surface area contributed by atoms with Gasteiger partial charge in [0.05, 0.1) is 10.6 Å². The van der Waals surface area contributed by atoms with E-state index in [2.05, 4.69) is 27.7 Å². The standard InChI is InChI=1S/C61H59O16P/c1-60(2,40-14-10-18-45(28-40)68-34-49-36-72-58(64)75-49)39-13-9-17-44(27-39)67-32-43(62)33-71-54-26-25-47(31-56(54)78(66)55-24-8-6-22-52(55)51-21-5-7-23-53(51)77-78)70-38-57(63)74-48-20-12-16-42(30-48)61(3,4)41-15-11-19-46(29-41)69-35-50-37-73-59(65)76-50/h5-31,43,49-50,57,62-63H,32-38H2,1-4H3. The number of hydrogen-bond donors (Lipinski definition) is 2. The molecule has 2 saturated heterocycles. The van der Waals surface area contributed by atoms with Crippen molar-refractivity contribution < 1.29 is 76.3 Å². The number of carbonyl (C=O) groups excluding carboxylic acids is 2. The van der Waals surface area contributed by atoms with Crippen molar-refractivity contribution in [2.24, 2.45) is 0 Å². The van der Waals surface area contributed by atoms with Gasteiger partial charge in [-0.25, -0.2) is 9.59 Å². The fourth-order valence-electron chi connectivity index (χ4n) is 9.31. The van der Waals surface area contributed by atoms with Crippen LogP contribution in [0.3, 0.4) is 0 Å². The number of para-hydroxylation sites is 1. The Labute approximate surface area is 451 Å². The summed E-state index contributed by atoms with van der Waals surface area (Å²) >= 11 is 0. The average molecular weight is 1080 g/mol. The van der Waals surface area contributed by atoms with Gasteiger partial charge in [-0.05, 0) is 107 Å². The molecule has 3 aliphatic rings. The summed E-state index contributed by atoms with van der Waals surface area (Å²) in [6.07, 6.45) is -4.90. The van der Waals surface area contributed by atoms with Crippen LogP contribution < -0.4 is 43.6 Å². The van der Waals surface area contributed by atoms with E-state index in [0.717, 1.165) is 33.4 Å². The first-order chi connectivity index (χ1) is 37.6. The molecule has 17 heteroatoms. The number of fused-ring (bicyclic) bond motifs is 3. The Bertz CT molecular complexity index is 3340. The van der Waals surface area contributed by atoms with Crippen LogP contribution in [0.25, 0.3) is 11.1 Å². The third-order valence-corrected chi connectivity index (χ3v) is 16.3. The second-order valence-electron chi connectivity index (χ2n) is 20.0. The molecule has 404 valence electrons. The topological polar surface area (TPSA) is 193 Å². The van der Waals surface area contributed by atoms with Gasteiger partial charge in [0.2, 0.25) is 6.29 Å². The van der Waals surface area contributed by atoms with Crippen LogP contribution in [0.5, 0.6) is 40.2 Å². The number of hydrogen-bond acceptors (Lipinski definition) is 16. The summed E-state index contributed by atoms with van der Waals surface area (Å²) < 4.78 is 78.4. The summed E-state index contributed by atoms with van der Waals surface area (Å²) in [4.78, 5) is 22.7. The van der Waals surface area contributed by atoms with Crippen LogP contribution in [0, 0.1) is 0 Å². The van der Waals surface area contributed by atoms with Crippen molar-refractivity contribution in [2.75, 3.05) is 46.2 Å². The third kappa shape index (κ3) is 12.0. The average Bonchev–Trinajstić information content (AvgIpc) is 4.12. The van der Waals surface area contributed by atoms with Crippen LogP contribution in [-0.2, 0) is 34.3 Å². The van der Waals surface area contributed by atoms with E-state index in [1.54, 1.807) is 42.5 Å². The molecule has 7 aromatic carbocycles. The van der Waals surface area contributed by atoms with Gasteiger partial charge in [0.15, 0.2) is 18.8 Å². The minimum Gasteiger partial charge on any atom is -0.491 e. The fraction of sp³-hybridized carbons (Fsp3) is 0.279. The second kappa shape index (κ2) is 22.8. The quantitative estimate of drug-likeness (QED) is 0.0370. The monoisotopic (exact) mass is 1080 g/mol. The third-order valence-electron chi connectivity index (χ3n) is 13.8. The van der Waals surface area contributed by atoms with Crippen LogP contribution >= 0.6 is 7.37 Å². The van der Waals surface area contributed by atoms with Gasteiger partial charge in [0, 0.05) is 16.4 Å². The molecule has 3 heterocycles. The molecule has 0 radical (unpaired) electrons. The van der Waals surface area contributed by atoms with Crippen molar-refractivity contribution in [3.8, 4) is 51.4 Å². The van der Waals surface area contributed by atoms with Crippen LogP contribution in [0.2, 0.25) is 0 Å². The van der Waals surface area contributed by atoms with Crippen molar-refractivity contribution in [3.63, 3.8) is 0 Å². The Morgan fingerprint density at radius 3 is 1.55 bits per heavy atom. The summed E-state index contributed by atoms with van der Waals surface area (Å²) in [6, 6.07) is 49.9. The maximum Gasteiger partial charge on any atom is 0.508 e. The first-order valence-corrected chi connectivity index (χ1v) is 27.1. The first kappa shape index (κ1) is 53.2. The van der Waals surface area contributed by atoms with Gasteiger partial charge in [0.25, 0.3) is 0 Å². The molecule has 78 heavy (non-hydrogen) atoms. The van der Waals surface area contributed by atoms with Crippen LogP contribution in [0.4, 0.5) is 9.59 Å². The molecule has 5 atom stereocenters. The predicted molar refractivity (Wildman–Crippen MR) is 288 cm³/mol. The van der Waals surface area contributed by atoms with E-state index in [1.165, 1.54) is 0 Å².